The zero-order valence-corrected chi connectivity index (χ0v) is 17.6. The van der Waals surface area contributed by atoms with E-state index in [4.69, 9.17) is 4.74 Å². The maximum atomic E-state index is 12.8. The van der Waals surface area contributed by atoms with Gasteiger partial charge in [0.25, 0.3) is 0 Å². The number of ether oxygens (including phenoxy) is 1. The molecule has 0 aliphatic heterocycles. The van der Waals surface area contributed by atoms with Gasteiger partial charge in [-0.05, 0) is 68.9 Å². The minimum absolute atomic E-state index is 0.00333. The molecule has 2 atom stereocenters. The van der Waals surface area contributed by atoms with Crippen molar-refractivity contribution in [2.75, 3.05) is 12.4 Å². The molecule has 1 heterocycles. The van der Waals surface area contributed by atoms with Crippen LogP contribution in [0.5, 0.6) is 11.8 Å². The van der Waals surface area contributed by atoms with E-state index in [1.54, 1.807) is 28.8 Å². The molecule has 31 heavy (non-hydrogen) atoms. The third kappa shape index (κ3) is 3.18. The Kier molecular flexibility index (Phi) is 4.91. The third-order valence-corrected chi connectivity index (χ3v) is 7.50. The van der Waals surface area contributed by atoms with E-state index in [0.717, 1.165) is 30.4 Å². The SMILES string of the molecule is COC(=O)c1ccccc1NC(=O)C1CCC(n2c(O)c3c(c2O)[C@H]2CC[C@@H]3C2)CC1. The van der Waals surface area contributed by atoms with E-state index in [1.165, 1.54) is 7.11 Å². The number of aromatic nitrogens is 1. The number of anilines is 1. The average Bonchev–Trinajstić information content (AvgIpc) is 3.47. The fraction of sp³-hybridized carbons (Fsp3) is 0.500. The molecular weight excluding hydrogens is 396 g/mol. The molecule has 2 fully saturated rings. The van der Waals surface area contributed by atoms with Crippen molar-refractivity contribution in [2.45, 2.75) is 62.8 Å². The van der Waals surface area contributed by atoms with E-state index in [2.05, 4.69) is 5.32 Å². The summed E-state index contributed by atoms with van der Waals surface area (Å²) in [5.41, 5.74) is 2.72. The van der Waals surface area contributed by atoms with Gasteiger partial charge in [0.15, 0.2) is 11.8 Å². The lowest BCUT2D eigenvalue weighted by Crippen LogP contribution is -2.28. The fourth-order valence-corrected chi connectivity index (χ4v) is 5.97. The first-order valence-electron chi connectivity index (χ1n) is 11.1. The van der Waals surface area contributed by atoms with Crippen LogP contribution in [-0.2, 0) is 9.53 Å². The van der Waals surface area contributed by atoms with Crippen LogP contribution in [0.1, 0.15) is 84.3 Å². The first kappa shape index (κ1) is 20.0. The van der Waals surface area contributed by atoms with Crippen LogP contribution in [0.25, 0.3) is 0 Å². The lowest BCUT2D eigenvalue weighted by atomic mass is 9.85. The Hall–Kier alpha value is -2.96. The lowest BCUT2D eigenvalue weighted by Gasteiger charge is -2.30. The largest absolute Gasteiger partial charge is 0.494 e. The van der Waals surface area contributed by atoms with Crippen LogP contribution in [0.15, 0.2) is 24.3 Å². The smallest absolute Gasteiger partial charge is 0.339 e. The van der Waals surface area contributed by atoms with E-state index < -0.39 is 5.97 Å². The molecule has 0 unspecified atom stereocenters. The molecule has 164 valence electrons. The molecule has 3 aliphatic carbocycles. The second-order valence-electron chi connectivity index (χ2n) is 9.08. The van der Waals surface area contributed by atoms with Crippen molar-refractivity contribution in [3.05, 3.63) is 41.0 Å². The molecule has 3 aliphatic rings. The standard InChI is InChI=1S/C24H28N2O5/c1-31-24(30)17-4-2-3-5-18(17)25-21(27)13-8-10-16(11-9-13)26-22(28)19-14-6-7-15(12-14)20(19)23(26)29/h2-5,13-16,28-29H,6-12H2,1H3,(H,25,27)/t13?,14-,15+,16?. The summed E-state index contributed by atoms with van der Waals surface area (Å²) in [6.07, 6.45) is 5.97. The Morgan fingerprint density at radius 1 is 0.968 bits per heavy atom. The van der Waals surface area contributed by atoms with Crippen LogP contribution in [-0.4, -0.2) is 33.8 Å². The number of benzene rings is 1. The summed E-state index contributed by atoms with van der Waals surface area (Å²) in [5.74, 6) is 0.453. The van der Waals surface area contributed by atoms with Gasteiger partial charge in [0.05, 0.1) is 18.4 Å². The summed E-state index contributed by atoms with van der Waals surface area (Å²) in [4.78, 5) is 24.8. The fourth-order valence-electron chi connectivity index (χ4n) is 5.97. The number of carbonyl (C=O) groups is 2. The van der Waals surface area contributed by atoms with Crippen molar-refractivity contribution in [3.8, 4) is 11.8 Å². The molecule has 3 N–H and O–H groups in total. The Bertz CT molecular complexity index is 1000. The number of amides is 1. The zero-order chi connectivity index (χ0) is 21.7. The van der Waals surface area contributed by atoms with Crippen LogP contribution in [0, 0.1) is 5.92 Å². The molecule has 2 bridgehead atoms. The monoisotopic (exact) mass is 424 g/mol. The van der Waals surface area contributed by atoms with Crippen LogP contribution in [0.3, 0.4) is 0 Å². The summed E-state index contributed by atoms with van der Waals surface area (Å²) in [7, 11) is 1.32. The molecule has 0 spiro atoms. The number of aromatic hydroxyl groups is 2. The molecular formula is C24H28N2O5. The highest BCUT2D eigenvalue weighted by Crippen LogP contribution is 2.61. The average molecular weight is 424 g/mol. The molecule has 1 aromatic heterocycles. The van der Waals surface area contributed by atoms with Crippen molar-refractivity contribution in [1.29, 1.82) is 0 Å². The Morgan fingerprint density at radius 3 is 2.19 bits per heavy atom. The topological polar surface area (TPSA) is 101 Å². The summed E-state index contributed by atoms with van der Waals surface area (Å²) in [6, 6.07) is 6.82. The van der Waals surface area contributed by atoms with Crippen molar-refractivity contribution in [1.82, 2.24) is 4.57 Å². The number of nitrogens with zero attached hydrogens (tertiary/aromatic N) is 1. The molecule has 2 aromatic rings. The molecule has 0 saturated heterocycles. The van der Waals surface area contributed by atoms with Crippen molar-refractivity contribution in [2.24, 2.45) is 5.92 Å². The van der Waals surface area contributed by atoms with Crippen molar-refractivity contribution in [3.63, 3.8) is 0 Å². The molecule has 1 aromatic carbocycles. The van der Waals surface area contributed by atoms with Gasteiger partial charge in [0.2, 0.25) is 5.91 Å². The van der Waals surface area contributed by atoms with Crippen LogP contribution >= 0.6 is 0 Å². The number of para-hydroxylation sites is 1. The van der Waals surface area contributed by atoms with Gasteiger partial charge in [-0.2, -0.15) is 0 Å². The summed E-state index contributed by atoms with van der Waals surface area (Å²) in [6.45, 7) is 0. The number of rotatable bonds is 4. The second-order valence-corrected chi connectivity index (χ2v) is 9.08. The quantitative estimate of drug-likeness (QED) is 0.631. The van der Waals surface area contributed by atoms with Gasteiger partial charge in [-0.25, -0.2) is 4.79 Å². The predicted octanol–water partition coefficient (Wildman–Crippen LogP) is 4.42. The van der Waals surface area contributed by atoms with Crippen molar-refractivity contribution >= 4 is 17.6 Å². The lowest BCUT2D eigenvalue weighted by molar-refractivity contribution is -0.121. The second kappa shape index (κ2) is 7.62. The number of carbonyl (C=O) groups excluding carboxylic acids is 2. The van der Waals surface area contributed by atoms with E-state index in [9.17, 15) is 19.8 Å². The van der Waals surface area contributed by atoms with Gasteiger partial charge in [0.1, 0.15) is 0 Å². The molecule has 7 heteroatoms. The molecule has 1 amide bonds. The van der Waals surface area contributed by atoms with Gasteiger partial charge in [-0.3, -0.25) is 9.36 Å². The molecule has 2 saturated carbocycles. The van der Waals surface area contributed by atoms with E-state index >= 15 is 0 Å². The minimum Gasteiger partial charge on any atom is -0.494 e. The summed E-state index contributed by atoms with van der Waals surface area (Å²) >= 11 is 0. The number of hydrogen-bond acceptors (Lipinski definition) is 5. The van der Waals surface area contributed by atoms with Crippen LogP contribution in [0.4, 0.5) is 5.69 Å². The van der Waals surface area contributed by atoms with Gasteiger partial charge < -0.3 is 20.3 Å². The number of methoxy groups -OCH3 is 1. The zero-order valence-electron chi connectivity index (χ0n) is 17.6. The predicted molar refractivity (Wildman–Crippen MR) is 115 cm³/mol. The van der Waals surface area contributed by atoms with E-state index in [-0.39, 0.29) is 29.6 Å². The summed E-state index contributed by atoms with van der Waals surface area (Å²) in [5, 5.41) is 24.6. The third-order valence-electron chi connectivity index (χ3n) is 7.50. The van der Waals surface area contributed by atoms with Gasteiger partial charge in [-0.1, -0.05) is 12.1 Å². The van der Waals surface area contributed by atoms with E-state index in [0.29, 0.717) is 48.8 Å². The number of nitrogens with one attached hydrogen (secondary N) is 1. The van der Waals surface area contributed by atoms with Gasteiger partial charge >= 0.3 is 5.97 Å². The Balaban J connectivity index is 1.27. The molecule has 0 radical (unpaired) electrons. The molecule has 5 rings (SSSR count). The maximum Gasteiger partial charge on any atom is 0.339 e. The Labute approximate surface area is 181 Å². The normalized spacial score (nSPS) is 26.5. The minimum atomic E-state index is -0.486. The number of esters is 1. The van der Waals surface area contributed by atoms with Crippen LogP contribution in [0.2, 0.25) is 0 Å². The number of fused-ring (bicyclic) bond motifs is 5. The highest BCUT2D eigenvalue weighted by molar-refractivity contribution is 6.01. The highest BCUT2D eigenvalue weighted by Gasteiger charge is 2.45. The van der Waals surface area contributed by atoms with Crippen LogP contribution < -0.4 is 5.32 Å². The first-order chi connectivity index (χ1) is 15.0. The van der Waals surface area contributed by atoms with E-state index in [1.807, 2.05) is 0 Å². The van der Waals surface area contributed by atoms with Gasteiger partial charge in [-0.15, -0.1) is 0 Å². The van der Waals surface area contributed by atoms with Crippen molar-refractivity contribution < 1.29 is 24.5 Å². The Morgan fingerprint density at radius 2 is 1.58 bits per heavy atom. The first-order valence-corrected chi connectivity index (χ1v) is 11.1. The number of hydrogen-bond donors (Lipinski definition) is 3. The maximum absolute atomic E-state index is 12.8. The van der Waals surface area contributed by atoms with Gasteiger partial charge in [0, 0.05) is 23.1 Å². The molecule has 7 nitrogen and oxygen atoms in total. The summed E-state index contributed by atoms with van der Waals surface area (Å²) < 4.78 is 6.51. The highest BCUT2D eigenvalue weighted by atomic mass is 16.5.